The summed E-state index contributed by atoms with van der Waals surface area (Å²) in [6.45, 7) is 4.87. The molecule has 20 heavy (non-hydrogen) atoms. The zero-order valence-electron chi connectivity index (χ0n) is 12.5. The van der Waals surface area contributed by atoms with Gasteiger partial charge in [-0.1, -0.05) is 0 Å². The van der Waals surface area contributed by atoms with Crippen LogP contribution in [0.4, 0.5) is 0 Å². The first kappa shape index (κ1) is 14.0. The number of hydrogen-bond acceptors (Lipinski definition) is 4. The van der Waals surface area contributed by atoms with Crippen molar-refractivity contribution < 1.29 is 9.47 Å². The zero-order chi connectivity index (χ0) is 14.0. The van der Waals surface area contributed by atoms with Gasteiger partial charge < -0.3 is 9.47 Å². The Morgan fingerprint density at radius 3 is 3.20 bits per heavy atom. The van der Waals surface area contributed by atoms with Gasteiger partial charge in [0.05, 0.1) is 18.9 Å². The van der Waals surface area contributed by atoms with Crippen LogP contribution in [-0.4, -0.2) is 54.2 Å². The van der Waals surface area contributed by atoms with Crippen LogP contribution in [0.15, 0.2) is 12.4 Å². The number of rotatable bonds is 4. The van der Waals surface area contributed by atoms with Crippen molar-refractivity contribution >= 4 is 0 Å². The van der Waals surface area contributed by atoms with E-state index in [1.807, 2.05) is 17.9 Å². The summed E-state index contributed by atoms with van der Waals surface area (Å²) >= 11 is 0. The summed E-state index contributed by atoms with van der Waals surface area (Å²) in [5.74, 6) is 0. The van der Waals surface area contributed by atoms with Crippen molar-refractivity contribution in [2.45, 2.75) is 31.9 Å². The van der Waals surface area contributed by atoms with Gasteiger partial charge in [0, 0.05) is 57.6 Å². The van der Waals surface area contributed by atoms with Crippen LogP contribution in [0.3, 0.4) is 0 Å². The van der Waals surface area contributed by atoms with Crippen LogP contribution in [0.2, 0.25) is 0 Å². The number of piperidine rings is 1. The van der Waals surface area contributed by atoms with E-state index in [0.717, 1.165) is 45.7 Å². The molecule has 2 fully saturated rings. The van der Waals surface area contributed by atoms with Crippen LogP contribution in [-0.2, 0) is 23.1 Å². The standard InChI is InChI=1S/C15H25N3O2/c1-17-9-13(8-16-17)10-18-6-4-14-15(11-18,12-19-2)5-3-7-20-14/h8-9,14H,3-7,10-12H2,1-2H3/t14-,15+/m1/s1. The molecular formula is C15H25N3O2. The van der Waals surface area contributed by atoms with E-state index in [4.69, 9.17) is 9.47 Å². The fraction of sp³-hybridized carbons (Fsp3) is 0.800. The molecule has 0 unspecified atom stereocenters. The van der Waals surface area contributed by atoms with Crippen LogP contribution >= 0.6 is 0 Å². The van der Waals surface area contributed by atoms with Gasteiger partial charge in [-0.25, -0.2) is 0 Å². The van der Waals surface area contributed by atoms with Crippen LogP contribution in [0.25, 0.3) is 0 Å². The first-order valence-electron chi connectivity index (χ1n) is 7.52. The highest BCUT2D eigenvalue weighted by atomic mass is 16.5. The van der Waals surface area contributed by atoms with Crippen molar-refractivity contribution in [2.24, 2.45) is 12.5 Å². The summed E-state index contributed by atoms with van der Waals surface area (Å²) in [6, 6.07) is 0. The molecular weight excluding hydrogens is 254 g/mol. The molecule has 2 aliphatic heterocycles. The maximum atomic E-state index is 6.02. The Kier molecular flexibility index (Phi) is 4.10. The maximum absolute atomic E-state index is 6.02. The zero-order valence-corrected chi connectivity index (χ0v) is 12.5. The second kappa shape index (κ2) is 5.84. The molecule has 3 rings (SSSR count). The highest BCUT2D eigenvalue weighted by molar-refractivity contribution is 5.05. The lowest BCUT2D eigenvalue weighted by Crippen LogP contribution is -2.56. The van der Waals surface area contributed by atoms with Crippen LogP contribution in [0.1, 0.15) is 24.8 Å². The number of hydrogen-bond donors (Lipinski definition) is 0. The number of fused-ring (bicyclic) bond motifs is 1. The quantitative estimate of drug-likeness (QED) is 0.836. The Bertz CT molecular complexity index is 444. The molecule has 2 aliphatic rings. The van der Waals surface area contributed by atoms with Gasteiger partial charge in [0.1, 0.15) is 0 Å². The van der Waals surface area contributed by atoms with E-state index >= 15 is 0 Å². The van der Waals surface area contributed by atoms with Gasteiger partial charge in [0.15, 0.2) is 0 Å². The molecule has 0 bridgehead atoms. The van der Waals surface area contributed by atoms with E-state index in [-0.39, 0.29) is 5.41 Å². The Labute approximate surface area is 120 Å². The molecule has 0 amide bonds. The minimum absolute atomic E-state index is 0.188. The largest absolute Gasteiger partial charge is 0.384 e. The summed E-state index contributed by atoms with van der Waals surface area (Å²) < 4.78 is 13.4. The SMILES string of the molecule is COC[C@@]12CCCO[C@@H]1CCN(Cc1cnn(C)c1)C2. The summed E-state index contributed by atoms with van der Waals surface area (Å²) in [4.78, 5) is 2.53. The lowest BCUT2D eigenvalue weighted by atomic mass is 9.73. The highest BCUT2D eigenvalue weighted by Crippen LogP contribution is 2.40. The van der Waals surface area contributed by atoms with Crippen LogP contribution < -0.4 is 0 Å². The van der Waals surface area contributed by atoms with E-state index in [9.17, 15) is 0 Å². The van der Waals surface area contributed by atoms with Crippen LogP contribution in [0.5, 0.6) is 0 Å². The molecule has 0 radical (unpaired) electrons. The second-order valence-corrected chi connectivity index (χ2v) is 6.28. The Morgan fingerprint density at radius 1 is 1.55 bits per heavy atom. The van der Waals surface area contributed by atoms with Crippen molar-refractivity contribution in [3.8, 4) is 0 Å². The molecule has 2 atom stereocenters. The minimum Gasteiger partial charge on any atom is -0.384 e. The highest BCUT2D eigenvalue weighted by Gasteiger charge is 2.45. The molecule has 3 heterocycles. The van der Waals surface area contributed by atoms with Crippen molar-refractivity contribution in [3.63, 3.8) is 0 Å². The van der Waals surface area contributed by atoms with Gasteiger partial charge in [-0.15, -0.1) is 0 Å². The Balaban J connectivity index is 1.69. The van der Waals surface area contributed by atoms with Gasteiger partial charge in [-0.2, -0.15) is 5.10 Å². The van der Waals surface area contributed by atoms with Crippen molar-refractivity contribution in [2.75, 3.05) is 33.4 Å². The summed E-state index contributed by atoms with van der Waals surface area (Å²) in [6.07, 6.45) is 7.93. The molecule has 1 aromatic rings. The summed E-state index contributed by atoms with van der Waals surface area (Å²) in [5.41, 5.74) is 1.48. The van der Waals surface area contributed by atoms with Crippen molar-refractivity contribution in [1.82, 2.24) is 14.7 Å². The van der Waals surface area contributed by atoms with Gasteiger partial charge >= 0.3 is 0 Å². The first-order valence-corrected chi connectivity index (χ1v) is 7.52. The van der Waals surface area contributed by atoms with Gasteiger partial charge in [0.25, 0.3) is 0 Å². The monoisotopic (exact) mass is 279 g/mol. The third-order valence-electron chi connectivity index (χ3n) is 4.66. The first-order chi connectivity index (χ1) is 9.72. The number of aromatic nitrogens is 2. The summed E-state index contributed by atoms with van der Waals surface area (Å²) in [7, 11) is 3.78. The minimum atomic E-state index is 0.188. The number of methoxy groups -OCH3 is 1. The molecule has 5 heteroatoms. The molecule has 0 aromatic carbocycles. The fourth-order valence-electron chi connectivity index (χ4n) is 3.83. The predicted octanol–water partition coefficient (Wildman–Crippen LogP) is 1.44. The average molecular weight is 279 g/mol. The van der Waals surface area contributed by atoms with E-state index in [2.05, 4.69) is 16.2 Å². The maximum Gasteiger partial charge on any atom is 0.0677 e. The van der Waals surface area contributed by atoms with Crippen molar-refractivity contribution in [1.29, 1.82) is 0 Å². The van der Waals surface area contributed by atoms with Crippen molar-refractivity contribution in [3.05, 3.63) is 18.0 Å². The Morgan fingerprint density at radius 2 is 2.45 bits per heavy atom. The van der Waals surface area contributed by atoms with E-state index in [0.29, 0.717) is 6.10 Å². The molecule has 5 nitrogen and oxygen atoms in total. The third-order valence-corrected chi connectivity index (χ3v) is 4.66. The molecule has 2 saturated heterocycles. The third kappa shape index (κ3) is 2.75. The number of nitrogens with zero attached hydrogens (tertiary/aromatic N) is 3. The molecule has 0 saturated carbocycles. The molecule has 112 valence electrons. The van der Waals surface area contributed by atoms with E-state index in [1.54, 1.807) is 7.11 Å². The second-order valence-electron chi connectivity index (χ2n) is 6.28. The number of likely N-dealkylation sites (tertiary alicyclic amines) is 1. The van der Waals surface area contributed by atoms with E-state index in [1.165, 1.54) is 12.0 Å². The fourth-order valence-corrected chi connectivity index (χ4v) is 3.83. The van der Waals surface area contributed by atoms with Gasteiger partial charge in [-0.3, -0.25) is 9.58 Å². The smallest absolute Gasteiger partial charge is 0.0677 e. The van der Waals surface area contributed by atoms with E-state index < -0.39 is 0 Å². The van der Waals surface area contributed by atoms with Crippen LogP contribution in [0, 0.1) is 5.41 Å². The lowest BCUT2D eigenvalue weighted by Gasteiger charge is -2.50. The lowest BCUT2D eigenvalue weighted by molar-refractivity contribution is -0.149. The average Bonchev–Trinajstić information content (AvgIpc) is 2.84. The molecule has 0 spiro atoms. The van der Waals surface area contributed by atoms with Gasteiger partial charge in [-0.05, 0) is 19.3 Å². The number of ether oxygens (including phenoxy) is 2. The Hall–Kier alpha value is -0.910. The summed E-state index contributed by atoms with van der Waals surface area (Å²) in [5, 5.41) is 4.26. The number of aryl methyl sites for hydroxylation is 1. The normalized spacial score (nSPS) is 31.2. The predicted molar refractivity (Wildman–Crippen MR) is 76.4 cm³/mol. The topological polar surface area (TPSA) is 39.5 Å². The van der Waals surface area contributed by atoms with Gasteiger partial charge in [0.2, 0.25) is 0 Å². The molecule has 0 aliphatic carbocycles. The molecule has 1 aromatic heterocycles. The molecule has 0 N–H and O–H groups in total.